The number of pyridine rings is 1. The van der Waals surface area contributed by atoms with Crippen LogP contribution in [0.2, 0.25) is 0 Å². The van der Waals surface area contributed by atoms with Gasteiger partial charge in [0.15, 0.2) is 0 Å². The zero-order valence-electron chi connectivity index (χ0n) is 11.1. The van der Waals surface area contributed by atoms with Crippen LogP contribution in [0.1, 0.15) is 16.7 Å². The summed E-state index contributed by atoms with van der Waals surface area (Å²) in [7, 11) is 0. The molecular weight excluding hydrogens is 324 g/mol. The van der Waals surface area contributed by atoms with Crippen molar-refractivity contribution in [2.24, 2.45) is 0 Å². The number of rotatable bonds is 4. The highest BCUT2D eigenvalue weighted by Gasteiger charge is 2.16. The Morgan fingerprint density at radius 1 is 1.35 bits per heavy atom. The van der Waals surface area contributed by atoms with Crippen molar-refractivity contribution in [3.63, 3.8) is 0 Å². The number of nitro benzene ring substituents is 1. The maximum absolute atomic E-state index is 11.0. The molecule has 0 unspecified atom stereocenters. The van der Waals surface area contributed by atoms with Gasteiger partial charge in [0, 0.05) is 22.7 Å². The van der Waals surface area contributed by atoms with Crippen molar-refractivity contribution in [2.75, 3.05) is 0 Å². The molecule has 0 saturated heterocycles. The van der Waals surface area contributed by atoms with Crippen LogP contribution in [0.15, 0.2) is 30.5 Å². The molecule has 5 nitrogen and oxygen atoms in total. The fourth-order valence-electron chi connectivity index (χ4n) is 1.85. The smallest absolute Gasteiger partial charge is 0.276 e. The van der Waals surface area contributed by atoms with Gasteiger partial charge < -0.3 is 4.74 Å². The first kappa shape index (κ1) is 14.5. The van der Waals surface area contributed by atoms with Gasteiger partial charge in [0.1, 0.15) is 5.75 Å². The Hall–Kier alpha value is -1.95. The lowest BCUT2D eigenvalue weighted by atomic mass is 10.1. The summed E-state index contributed by atoms with van der Waals surface area (Å²) in [6.45, 7) is 3.56. The number of aryl methyl sites for hydroxylation is 2. The predicted octanol–water partition coefficient (Wildman–Crippen LogP) is 4.29. The molecule has 1 aromatic heterocycles. The molecule has 0 radical (unpaired) electrons. The van der Waals surface area contributed by atoms with E-state index in [0.29, 0.717) is 22.5 Å². The topological polar surface area (TPSA) is 65.3 Å². The lowest BCUT2D eigenvalue weighted by Gasteiger charge is -2.11. The molecular formula is C14H13BrN2O3. The van der Waals surface area contributed by atoms with Crippen LogP contribution >= 0.6 is 15.9 Å². The molecule has 0 atom stereocenters. The Kier molecular flexibility index (Phi) is 4.34. The molecule has 0 aliphatic heterocycles. The van der Waals surface area contributed by atoms with E-state index < -0.39 is 4.92 Å². The average molecular weight is 337 g/mol. The Bertz CT molecular complexity index is 659. The van der Waals surface area contributed by atoms with Crippen molar-refractivity contribution in [1.29, 1.82) is 0 Å². The van der Waals surface area contributed by atoms with Crippen molar-refractivity contribution in [3.8, 4) is 11.6 Å². The minimum Gasteiger partial charge on any atom is -0.438 e. The van der Waals surface area contributed by atoms with E-state index in [-0.39, 0.29) is 5.69 Å². The Labute approximate surface area is 124 Å². The molecule has 0 aliphatic rings. The number of benzene rings is 1. The number of halogens is 1. The summed E-state index contributed by atoms with van der Waals surface area (Å²) in [6, 6.07) is 6.88. The standard InChI is InChI=1S/C14H13BrN2O3/c1-9-6-10(2)13(7-12(9)17(18)19)20-14-11(8-15)4-3-5-16-14/h3-7H,8H2,1-2H3. The zero-order valence-corrected chi connectivity index (χ0v) is 12.7. The molecule has 0 N–H and O–H groups in total. The van der Waals surface area contributed by atoms with E-state index in [0.717, 1.165) is 11.1 Å². The number of nitrogens with zero attached hydrogens (tertiary/aromatic N) is 2. The normalized spacial score (nSPS) is 10.3. The van der Waals surface area contributed by atoms with Crippen LogP contribution in [0.5, 0.6) is 11.6 Å². The zero-order chi connectivity index (χ0) is 14.7. The quantitative estimate of drug-likeness (QED) is 0.474. The van der Waals surface area contributed by atoms with Gasteiger partial charge in [0.25, 0.3) is 5.69 Å². The number of alkyl halides is 1. The van der Waals surface area contributed by atoms with Gasteiger partial charge in [-0.15, -0.1) is 0 Å². The van der Waals surface area contributed by atoms with E-state index in [9.17, 15) is 10.1 Å². The van der Waals surface area contributed by atoms with E-state index in [1.165, 1.54) is 6.07 Å². The lowest BCUT2D eigenvalue weighted by Crippen LogP contribution is -1.97. The summed E-state index contributed by atoms with van der Waals surface area (Å²) < 4.78 is 5.73. The maximum atomic E-state index is 11.0. The van der Waals surface area contributed by atoms with Gasteiger partial charge in [0.2, 0.25) is 5.88 Å². The van der Waals surface area contributed by atoms with Gasteiger partial charge in [-0.25, -0.2) is 4.98 Å². The first-order valence-electron chi connectivity index (χ1n) is 5.96. The molecule has 0 aliphatic carbocycles. The summed E-state index contributed by atoms with van der Waals surface area (Å²) in [6.07, 6.45) is 1.62. The van der Waals surface area contributed by atoms with E-state index >= 15 is 0 Å². The number of hydrogen-bond donors (Lipinski definition) is 0. The summed E-state index contributed by atoms with van der Waals surface area (Å²) in [5.74, 6) is 0.897. The summed E-state index contributed by atoms with van der Waals surface area (Å²) in [5, 5.41) is 11.6. The highest BCUT2D eigenvalue weighted by Crippen LogP contribution is 2.32. The Morgan fingerprint density at radius 3 is 2.75 bits per heavy atom. The van der Waals surface area contributed by atoms with Gasteiger partial charge in [-0.1, -0.05) is 22.0 Å². The molecule has 0 saturated carbocycles. The van der Waals surface area contributed by atoms with Crippen LogP contribution in [-0.4, -0.2) is 9.91 Å². The molecule has 6 heteroatoms. The first-order chi connectivity index (χ1) is 9.52. The van der Waals surface area contributed by atoms with Gasteiger partial charge in [-0.2, -0.15) is 0 Å². The van der Waals surface area contributed by atoms with E-state index in [1.807, 2.05) is 19.1 Å². The Morgan fingerprint density at radius 2 is 2.10 bits per heavy atom. The second-order valence-corrected chi connectivity index (χ2v) is 4.93. The molecule has 2 aromatic rings. The molecule has 0 amide bonds. The molecule has 0 spiro atoms. The lowest BCUT2D eigenvalue weighted by molar-refractivity contribution is -0.385. The Balaban J connectivity index is 2.43. The number of aromatic nitrogens is 1. The minimum atomic E-state index is -0.411. The third-order valence-corrected chi connectivity index (χ3v) is 3.49. The number of nitro groups is 1. The van der Waals surface area contributed by atoms with Crippen molar-refractivity contribution < 1.29 is 9.66 Å². The molecule has 0 bridgehead atoms. The van der Waals surface area contributed by atoms with Crippen LogP contribution in [0, 0.1) is 24.0 Å². The SMILES string of the molecule is Cc1cc(C)c([N+](=O)[O-])cc1Oc1ncccc1CBr. The molecule has 2 rings (SSSR count). The fourth-order valence-corrected chi connectivity index (χ4v) is 2.28. The van der Waals surface area contributed by atoms with Crippen LogP contribution in [0.25, 0.3) is 0 Å². The van der Waals surface area contributed by atoms with E-state index in [1.54, 1.807) is 19.2 Å². The second-order valence-electron chi connectivity index (χ2n) is 4.36. The average Bonchev–Trinajstić information content (AvgIpc) is 2.42. The molecule has 1 aromatic carbocycles. The van der Waals surface area contributed by atoms with Crippen LogP contribution < -0.4 is 4.74 Å². The summed E-state index contributed by atoms with van der Waals surface area (Å²) in [4.78, 5) is 14.7. The largest absolute Gasteiger partial charge is 0.438 e. The van der Waals surface area contributed by atoms with Crippen molar-refractivity contribution in [3.05, 3.63) is 57.3 Å². The molecule has 1 heterocycles. The van der Waals surface area contributed by atoms with Crippen LogP contribution in [-0.2, 0) is 5.33 Å². The van der Waals surface area contributed by atoms with Gasteiger partial charge in [0.05, 0.1) is 11.0 Å². The van der Waals surface area contributed by atoms with Crippen molar-refractivity contribution in [1.82, 2.24) is 4.98 Å². The van der Waals surface area contributed by atoms with Gasteiger partial charge in [-0.3, -0.25) is 10.1 Å². The molecule has 20 heavy (non-hydrogen) atoms. The fraction of sp³-hybridized carbons (Fsp3) is 0.214. The van der Waals surface area contributed by atoms with Crippen molar-refractivity contribution >= 4 is 21.6 Å². The number of ether oxygens (including phenoxy) is 1. The van der Waals surface area contributed by atoms with E-state index in [2.05, 4.69) is 20.9 Å². The predicted molar refractivity (Wildman–Crippen MR) is 79.5 cm³/mol. The summed E-state index contributed by atoms with van der Waals surface area (Å²) in [5.41, 5.74) is 2.37. The molecule has 0 fully saturated rings. The third-order valence-electron chi connectivity index (χ3n) is 2.89. The highest BCUT2D eigenvalue weighted by atomic mass is 79.9. The van der Waals surface area contributed by atoms with Crippen LogP contribution in [0.3, 0.4) is 0 Å². The maximum Gasteiger partial charge on any atom is 0.276 e. The number of hydrogen-bond acceptors (Lipinski definition) is 4. The minimum absolute atomic E-state index is 0.0434. The van der Waals surface area contributed by atoms with Gasteiger partial charge in [-0.05, 0) is 31.5 Å². The van der Waals surface area contributed by atoms with Gasteiger partial charge >= 0.3 is 0 Å². The monoisotopic (exact) mass is 336 g/mol. The first-order valence-corrected chi connectivity index (χ1v) is 7.08. The molecule has 104 valence electrons. The van der Waals surface area contributed by atoms with Crippen molar-refractivity contribution in [2.45, 2.75) is 19.2 Å². The van der Waals surface area contributed by atoms with Crippen LogP contribution in [0.4, 0.5) is 5.69 Å². The summed E-state index contributed by atoms with van der Waals surface area (Å²) >= 11 is 3.36. The highest BCUT2D eigenvalue weighted by molar-refractivity contribution is 9.08. The van der Waals surface area contributed by atoms with E-state index in [4.69, 9.17) is 4.74 Å². The second kappa shape index (κ2) is 6.00. The third kappa shape index (κ3) is 2.96.